The average Bonchev–Trinajstić information content (AvgIpc) is 2.93. The first kappa shape index (κ1) is 15.5. The summed E-state index contributed by atoms with van der Waals surface area (Å²) in [6, 6.07) is 4.49. The molecule has 1 aromatic carbocycles. The van der Waals surface area contributed by atoms with Crippen LogP contribution in [0.15, 0.2) is 18.2 Å². The molecule has 1 fully saturated rings. The Morgan fingerprint density at radius 2 is 2.33 bits per heavy atom. The smallest absolute Gasteiger partial charge is 0.256 e. The van der Waals surface area contributed by atoms with Crippen molar-refractivity contribution in [3.8, 4) is 11.8 Å². The summed E-state index contributed by atoms with van der Waals surface area (Å²) < 4.78 is 14.1. The molecule has 1 aliphatic rings. The maximum absolute atomic E-state index is 14.1. The van der Waals surface area contributed by atoms with Crippen LogP contribution in [0, 0.1) is 23.6 Å². The van der Waals surface area contributed by atoms with Gasteiger partial charge in [0.1, 0.15) is 5.82 Å². The molecule has 0 saturated carbocycles. The van der Waals surface area contributed by atoms with E-state index < -0.39 is 5.82 Å². The minimum absolute atomic E-state index is 0.130. The SMILES string of the molecule is CCCC1CCN(C(=O)c2ccc(C#CCN)cc2F)C1. The van der Waals surface area contributed by atoms with Gasteiger partial charge in [-0.15, -0.1) is 0 Å². The molecule has 0 aliphatic carbocycles. The van der Waals surface area contributed by atoms with Crippen LogP contribution in [0.2, 0.25) is 0 Å². The molecule has 2 N–H and O–H groups in total. The van der Waals surface area contributed by atoms with Crippen molar-refractivity contribution in [2.24, 2.45) is 11.7 Å². The lowest BCUT2D eigenvalue weighted by Crippen LogP contribution is -2.29. The van der Waals surface area contributed by atoms with Gasteiger partial charge in [0.05, 0.1) is 12.1 Å². The molecule has 21 heavy (non-hydrogen) atoms. The normalized spacial score (nSPS) is 17.5. The van der Waals surface area contributed by atoms with Crippen molar-refractivity contribution in [3.63, 3.8) is 0 Å². The van der Waals surface area contributed by atoms with Gasteiger partial charge in [0, 0.05) is 18.7 Å². The molecule has 1 aliphatic heterocycles. The van der Waals surface area contributed by atoms with Gasteiger partial charge in [-0.25, -0.2) is 4.39 Å². The highest BCUT2D eigenvalue weighted by atomic mass is 19.1. The molecule has 1 atom stereocenters. The molecule has 0 aromatic heterocycles. The molecule has 0 bridgehead atoms. The van der Waals surface area contributed by atoms with E-state index in [2.05, 4.69) is 18.8 Å². The van der Waals surface area contributed by atoms with Crippen LogP contribution in [0.25, 0.3) is 0 Å². The maximum atomic E-state index is 14.1. The van der Waals surface area contributed by atoms with Gasteiger partial charge in [-0.3, -0.25) is 4.79 Å². The number of benzene rings is 1. The first-order valence-corrected chi connectivity index (χ1v) is 7.43. The fourth-order valence-electron chi connectivity index (χ4n) is 2.75. The number of hydrogen-bond donors (Lipinski definition) is 1. The highest BCUT2D eigenvalue weighted by Gasteiger charge is 2.27. The van der Waals surface area contributed by atoms with Crippen LogP contribution in [0.5, 0.6) is 0 Å². The van der Waals surface area contributed by atoms with E-state index in [9.17, 15) is 9.18 Å². The second-order valence-electron chi connectivity index (χ2n) is 5.40. The van der Waals surface area contributed by atoms with Crippen molar-refractivity contribution in [2.75, 3.05) is 19.6 Å². The summed E-state index contributed by atoms with van der Waals surface area (Å²) in [5.74, 6) is 5.26. The third kappa shape index (κ3) is 3.83. The van der Waals surface area contributed by atoms with Crippen molar-refractivity contribution in [3.05, 3.63) is 35.1 Å². The van der Waals surface area contributed by atoms with E-state index in [1.54, 1.807) is 11.0 Å². The van der Waals surface area contributed by atoms with E-state index in [-0.39, 0.29) is 18.0 Å². The number of amides is 1. The predicted molar refractivity (Wildman–Crippen MR) is 81.3 cm³/mol. The highest BCUT2D eigenvalue weighted by Crippen LogP contribution is 2.23. The Morgan fingerprint density at radius 1 is 1.52 bits per heavy atom. The van der Waals surface area contributed by atoms with Crippen LogP contribution < -0.4 is 5.73 Å². The number of halogens is 1. The number of nitrogens with two attached hydrogens (primary N) is 1. The zero-order valence-corrected chi connectivity index (χ0v) is 12.4. The van der Waals surface area contributed by atoms with Crippen molar-refractivity contribution in [1.82, 2.24) is 4.90 Å². The molecule has 2 rings (SSSR count). The Balaban J connectivity index is 2.09. The van der Waals surface area contributed by atoms with Gasteiger partial charge >= 0.3 is 0 Å². The Morgan fingerprint density at radius 3 is 3.00 bits per heavy atom. The number of nitrogens with zero attached hydrogens (tertiary/aromatic N) is 1. The summed E-state index contributed by atoms with van der Waals surface area (Å²) in [7, 11) is 0. The molecular weight excluding hydrogens is 267 g/mol. The van der Waals surface area contributed by atoms with Crippen LogP contribution in [-0.2, 0) is 0 Å². The molecule has 1 amide bonds. The van der Waals surface area contributed by atoms with E-state index in [4.69, 9.17) is 5.73 Å². The van der Waals surface area contributed by atoms with E-state index in [1.807, 2.05) is 0 Å². The monoisotopic (exact) mass is 288 g/mol. The quantitative estimate of drug-likeness (QED) is 0.868. The van der Waals surface area contributed by atoms with Crippen LogP contribution in [0.3, 0.4) is 0 Å². The Bertz CT molecular complexity index is 574. The van der Waals surface area contributed by atoms with E-state index >= 15 is 0 Å². The lowest BCUT2D eigenvalue weighted by atomic mass is 10.0. The molecule has 4 heteroatoms. The number of rotatable bonds is 3. The van der Waals surface area contributed by atoms with Gasteiger partial charge in [-0.05, 0) is 37.0 Å². The minimum Gasteiger partial charge on any atom is -0.338 e. The van der Waals surface area contributed by atoms with Gasteiger partial charge in [-0.1, -0.05) is 25.2 Å². The molecule has 0 spiro atoms. The number of carbonyl (C=O) groups excluding carboxylic acids is 1. The summed E-state index contributed by atoms with van der Waals surface area (Å²) in [6.45, 7) is 3.83. The lowest BCUT2D eigenvalue weighted by molar-refractivity contribution is 0.0782. The third-order valence-corrected chi connectivity index (χ3v) is 3.80. The Kier molecular flexibility index (Phi) is 5.35. The zero-order valence-electron chi connectivity index (χ0n) is 12.4. The molecule has 1 heterocycles. The van der Waals surface area contributed by atoms with Gasteiger partial charge in [0.25, 0.3) is 5.91 Å². The van der Waals surface area contributed by atoms with E-state index in [1.165, 1.54) is 12.1 Å². The van der Waals surface area contributed by atoms with E-state index in [0.29, 0.717) is 11.5 Å². The summed E-state index contributed by atoms with van der Waals surface area (Å²) >= 11 is 0. The number of carbonyl (C=O) groups is 1. The molecule has 0 radical (unpaired) electrons. The van der Waals surface area contributed by atoms with Crippen molar-refractivity contribution in [2.45, 2.75) is 26.2 Å². The summed E-state index contributed by atoms with van der Waals surface area (Å²) in [6.07, 6.45) is 3.26. The summed E-state index contributed by atoms with van der Waals surface area (Å²) in [4.78, 5) is 14.1. The molecule has 112 valence electrons. The third-order valence-electron chi connectivity index (χ3n) is 3.80. The minimum atomic E-state index is -0.511. The van der Waals surface area contributed by atoms with Crippen LogP contribution >= 0.6 is 0 Å². The van der Waals surface area contributed by atoms with Crippen molar-refractivity contribution in [1.29, 1.82) is 0 Å². The van der Waals surface area contributed by atoms with Gasteiger partial charge in [-0.2, -0.15) is 0 Å². The Labute approximate surface area is 125 Å². The van der Waals surface area contributed by atoms with Crippen LogP contribution in [0.1, 0.15) is 42.1 Å². The second-order valence-corrected chi connectivity index (χ2v) is 5.40. The number of likely N-dealkylation sites (tertiary alicyclic amines) is 1. The molecule has 1 saturated heterocycles. The zero-order chi connectivity index (χ0) is 15.2. The molecule has 1 unspecified atom stereocenters. The van der Waals surface area contributed by atoms with Crippen LogP contribution in [0.4, 0.5) is 4.39 Å². The first-order chi connectivity index (χ1) is 10.2. The standard InChI is InChI=1S/C17H21FN2O/c1-2-4-14-8-10-20(12-14)17(21)15-7-6-13(5-3-9-19)11-16(15)18/h6-7,11,14H,2,4,8-10,12,19H2,1H3. The maximum Gasteiger partial charge on any atom is 0.256 e. The summed E-state index contributed by atoms with van der Waals surface area (Å²) in [5, 5.41) is 0. The summed E-state index contributed by atoms with van der Waals surface area (Å²) in [5.41, 5.74) is 5.96. The van der Waals surface area contributed by atoms with Crippen molar-refractivity contribution < 1.29 is 9.18 Å². The molecule has 1 aromatic rings. The van der Waals surface area contributed by atoms with Gasteiger partial charge in [0.15, 0.2) is 0 Å². The van der Waals surface area contributed by atoms with Gasteiger partial charge in [0.2, 0.25) is 0 Å². The fraction of sp³-hybridized carbons (Fsp3) is 0.471. The molecular formula is C17H21FN2O. The Hall–Kier alpha value is -1.86. The van der Waals surface area contributed by atoms with Gasteiger partial charge < -0.3 is 10.6 Å². The largest absolute Gasteiger partial charge is 0.338 e. The highest BCUT2D eigenvalue weighted by molar-refractivity contribution is 5.94. The number of hydrogen-bond acceptors (Lipinski definition) is 2. The molecule has 3 nitrogen and oxygen atoms in total. The topological polar surface area (TPSA) is 46.3 Å². The fourth-order valence-corrected chi connectivity index (χ4v) is 2.75. The van der Waals surface area contributed by atoms with Crippen molar-refractivity contribution >= 4 is 5.91 Å². The first-order valence-electron chi connectivity index (χ1n) is 7.43. The second kappa shape index (κ2) is 7.24. The predicted octanol–water partition coefficient (Wildman–Crippen LogP) is 2.40. The van der Waals surface area contributed by atoms with Crippen LogP contribution in [-0.4, -0.2) is 30.4 Å². The lowest BCUT2D eigenvalue weighted by Gasteiger charge is -2.17. The average molecular weight is 288 g/mol. The van der Waals surface area contributed by atoms with E-state index in [0.717, 1.165) is 32.4 Å².